The number of rotatable bonds is 4. The van der Waals surface area contributed by atoms with Crippen LogP contribution in [0.5, 0.6) is 0 Å². The van der Waals surface area contributed by atoms with E-state index in [1.54, 1.807) is 0 Å². The van der Waals surface area contributed by atoms with Gasteiger partial charge in [0.25, 0.3) is 0 Å². The first-order chi connectivity index (χ1) is 8.04. The summed E-state index contributed by atoms with van der Waals surface area (Å²) in [6.45, 7) is 12.8. The highest BCUT2D eigenvalue weighted by Crippen LogP contribution is 2.35. The topological polar surface area (TPSA) is 74.6 Å². The van der Waals surface area contributed by atoms with E-state index in [1.165, 1.54) is 0 Å². The van der Waals surface area contributed by atoms with Crippen molar-refractivity contribution in [3.63, 3.8) is 0 Å². The highest BCUT2D eigenvalue weighted by atomic mass is 16.4. The van der Waals surface area contributed by atoms with Crippen molar-refractivity contribution in [3.05, 3.63) is 24.3 Å². The second-order valence-electron chi connectivity index (χ2n) is 5.75. The summed E-state index contributed by atoms with van der Waals surface area (Å²) in [5.41, 5.74) is 0.688. The average Bonchev–Trinajstić information content (AvgIpc) is 2.97. The molecule has 1 aliphatic rings. The van der Waals surface area contributed by atoms with E-state index < -0.39 is 11.9 Å². The Kier molecular flexibility index (Phi) is 5.82. The van der Waals surface area contributed by atoms with Crippen molar-refractivity contribution in [1.29, 1.82) is 0 Å². The van der Waals surface area contributed by atoms with Crippen LogP contribution in [-0.2, 0) is 9.59 Å². The minimum absolute atomic E-state index is 0.0233. The molecule has 0 amide bonds. The maximum absolute atomic E-state index is 10.3. The summed E-state index contributed by atoms with van der Waals surface area (Å²) in [4.78, 5) is 20.4. The Morgan fingerprint density at radius 1 is 1.11 bits per heavy atom. The van der Waals surface area contributed by atoms with E-state index in [2.05, 4.69) is 13.2 Å². The van der Waals surface area contributed by atoms with Gasteiger partial charge in [0.1, 0.15) is 0 Å². The summed E-state index contributed by atoms with van der Waals surface area (Å²) in [5, 5.41) is 16.7. The zero-order valence-corrected chi connectivity index (χ0v) is 11.3. The van der Waals surface area contributed by atoms with Gasteiger partial charge in [-0.05, 0) is 30.6 Å². The Balaban J connectivity index is 0.000000327. The van der Waals surface area contributed by atoms with Gasteiger partial charge < -0.3 is 10.2 Å². The molecule has 0 aromatic carbocycles. The van der Waals surface area contributed by atoms with Crippen molar-refractivity contribution >= 4 is 11.9 Å². The van der Waals surface area contributed by atoms with Crippen LogP contribution in [0.3, 0.4) is 0 Å². The van der Waals surface area contributed by atoms with Crippen molar-refractivity contribution in [2.75, 3.05) is 0 Å². The molecule has 0 radical (unpaired) electrons. The van der Waals surface area contributed by atoms with E-state index in [0.717, 1.165) is 12.8 Å². The molecule has 18 heavy (non-hydrogen) atoms. The molecule has 0 aliphatic heterocycles. The average molecular weight is 254 g/mol. The van der Waals surface area contributed by atoms with E-state index in [-0.39, 0.29) is 11.0 Å². The van der Waals surface area contributed by atoms with Crippen LogP contribution >= 0.6 is 0 Å². The minimum atomic E-state index is -0.894. The molecule has 1 saturated carbocycles. The number of hydrogen-bond acceptors (Lipinski definition) is 2. The highest BCUT2D eigenvalue weighted by molar-refractivity contribution is 5.87. The maximum atomic E-state index is 10.3. The van der Waals surface area contributed by atoms with Crippen molar-refractivity contribution in [3.8, 4) is 0 Å². The molecule has 0 aromatic rings. The van der Waals surface area contributed by atoms with Gasteiger partial charge in [0, 0.05) is 11.1 Å². The second kappa shape index (κ2) is 6.38. The van der Waals surface area contributed by atoms with Gasteiger partial charge in [-0.1, -0.05) is 33.9 Å². The minimum Gasteiger partial charge on any atom is -0.478 e. The Morgan fingerprint density at radius 2 is 1.56 bits per heavy atom. The Bertz CT molecular complexity index is 356. The molecule has 0 aromatic heterocycles. The Morgan fingerprint density at radius 3 is 1.67 bits per heavy atom. The van der Waals surface area contributed by atoms with Crippen LogP contribution in [0, 0.1) is 11.3 Å². The van der Waals surface area contributed by atoms with Gasteiger partial charge in [-0.15, -0.1) is 0 Å². The molecule has 1 fully saturated rings. The molecule has 4 nitrogen and oxygen atoms in total. The third-order valence-electron chi connectivity index (χ3n) is 2.39. The number of hydrogen-bond donors (Lipinski definition) is 2. The summed E-state index contributed by atoms with van der Waals surface area (Å²) in [6, 6.07) is 0. The molecule has 2 N–H and O–H groups in total. The van der Waals surface area contributed by atoms with Crippen LogP contribution in [0.4, 0.5) is 0 Å². The molecule has 1 aliphatic carbocycles. The summed E-state index contributed by atoms with van der Waals surface area (Å²) in [6.07, 6.45) is 2.58. The van der Waals surface area contributed by atoms with Gasteiger partial charge in [0.05, 0.1) is 0 Å². The first-order valence-electron chi connectivity index (χ1n) is 5.87. The monoisotopic (exact) mass is 254 g/mol. The van der Waals surface area contributed by atoms with Gasteiger partial charge in [0.15, 0.2) is 0 Å². The predicted octanol–water partition coefficient (Wildman–Crippen LogP) is 3.10. The molecule has 4 heteroatoms. The molecule has 0 unspecified atom stereocenters. The summed E-state index contributed by atoms with van der Waals surface area (Å²) in [5.74, 6) is -1.44. The second-order valence-corrected chi connectivity index (χ2v) is 5.75. The maximum Gasteiger partial charge on any atom is 0.331 e. The van der Waals surface area contributed by atoms with Gasteiger partial charge in [-0.2, -0.15) is 0 Å². The van der Waals surface area contributed by atoms with E-state index >= 15 is 0 Å². The zero-order chi connectivity index (χ0) is 14.5. The summed E-state index contributed by atoms with van der Waals surface area (Å²) in [7, 11) is 0. The van der Waals surface area contributed by atoms with Crippen molar-refractivity contribution < 1.29 is 19.8 Å². The number of carboxylic acids is 2. The lowest BCUT2D eigenvalue weighted by Gasteiger charge is -2.17. The Labute approximate surface area is 108 Å². The normalized spacial score (nSPS) is 14.2. The smallest absolute Gasteiger partial charge is 0.331 e. The fourth-order valence-corrected chi connectivity index (χ4v) is 1.32. The largest absolute Gasteiger partial charge is 0.478 e. The SMILES string of the molecule is C=C(C(=O)O)C1CC1.C=C(CC(C)(C)C)C(=O)O. The Hall–Kier alpha value is -1.58. The van der Waals surface area contributed by atoms with Crippen LogP contribution in [0.15, 0.2) is 24.3 Å². The fraction of sp³-hybridized carbons (Fsp3) is 0.571. The molecule has 0 spiro atoms. The van der Waals surface area contributed by atoms with E-state index in [4.69, 9.17) is 10.2 Å². The summed E-state index contributed by atoms with van der Waals surface area (Å²) < 4.78 is 0. The molecule has 0 atom stereocenters. The van der Waals surface area contributed by atoms with Crippen LogP contribution in [0.2, 0.25) is 0 Å². The molecule has 102 valence electrons. The molecule has 0 saturated heterocycles. The van der Waals surface area contributed by atoms with Crippen molar-refractivity contribution in [2.24, 2.45) is 11.3 Å². The van der Waals surface area contributed by atoms with Crippen LogP contribution in [0.25, 0.3) is 0 Å². The predicted molar refractivity (Wildman–Crippen MR) is 70.3 cm³/mol. The van der Waals surface area contributed by atoms with E-state index in [1.807, 2.05) is 20.8 Å². The third kappa shape index (κ3) is 7.65. The van der Waals surface area contributed by atoms with Crippen LogP contribution in [0.1, 0.15) is 40.0 Å². The van der Waals surface area contributed by atoms with Gasteiger partial charge in [-0.25, -0.2) is 9.59 Å². The fourth-order valence-electron chi connectivity index (χ4n) is 1.32. The first-order valence-corrected chi connectivity index (χ1v) is 5.87. The van der Waals surface area contributed by atoms with Gasteiger partial charge in [0.2, 0.25) is 0 Å². The van der Waals surface area contributed by atoms with Crippen molar-refractivity contribution in [2.45, 2.75) is 40.0 Å². The number of carboxylic acid groups (broad SMARTS) is 2. The molecular weight excluding hydrogens is 232 g/mol. The quantitative estimate of drug-likeness (QED) is 0.756. The standard InChI is InChI=1S/C8H14O2.C6H8O2/c1-6(7(9)10)5-8(2,3)4;1-4(6(7)8)5-2-3-5/h1,5H2,2-4H3,(H,9,10);5H,1-3H2,(H,7,8). The van der Waals surface area contributed by atoms with Gasteiger partial charge in [-0.3, -0.25) is 0 Å². The first kappa shape index (κ1) is 16.4. The van der Waals surface area contributed by atoms with Crippen LogP contribution < -0.4 is 0 Å². The lowest BCUT2D eigenvalue weighted by molar-refractivity contribution is -0.133. The summed E-state index contributed by atoms with van der Waals surface area (Å²) >= 11 is 0. The molecule has 1 rings (SSSR count). The van der Waals surface area contributed by atoms with E-state index in [0.29, 0.717) is 17.9 Å². The number of aliphatic carboxylic acids is 2. The lowest BCUT2D eigenvalue weighted by Crippen LogP contribution is -2.10. The van der Waals surface area contributed by atoms with Crippen molar-refractivity contribution in [1.82, 2.24) is 0 Å². The lowest BCUT2D eigenvalue weighted by atomic mass is 9.88. The van der Waals surface area contributed by atoms with E-state index in [9.17, 15) is 9.59 Å². The van der Waals surface area contributed by atoms with Crippen LogP contribution in [-0.4, -0.2) is 22.2 Å². The molecule has 0 heterocycles. The molecule has 0 bridgehead atoms. The zero-order valence-electron chi connectivity index (χ0n) is 11.3. The highest BCUT2D eigenvalue weighted by Gasteiger charge is 2.28. The van der Waals surface area contributed by atoms with Gasteiger partial charge >= 0.3 is 11.9 Å². The third-order valence-corrected chi connectivity index (χ3v) is 2.39. The number of carbonyl (C=O) groups is 2. The molecular formula is C14H22O4.